The van der Waals surface area contributed by atoms with Gasteiger partial charge in [-0.3, -0.25) is 9.69 Å². The molecule has 4 heterocycles. The summed E-state index contributed by atoms with van der Waals surface area (Å²) in [6, 6.07) is 23.2. The molecule has 0 spiro atoms. The maximum Gasteiger partial charge on any atom is 0.281 e. The third kappa shape index (κ3) is 2.74. The molecule has 0 aliphatic carbocycles. The molecule has 6 rings (SSSR count). The molecule has 1 unspecified atom stereocenters. The molecule has 3 aromatic heterocycles. The Bertz CT molecular complexity index is 1340. The Morgan fingerprint density at radius 1 is 0.935 bits per heavy atom. The Morgan fingerprint density at radius 3 is 2.39 bits per heavy atom. The first kappa shape index (κ1) is 17.9. The number of carbonyl (C=O) groups excluding carboxylic acids is 1. The van der Waals surface area contributed by atoms with Crippen LogP contribution in [0.1, 0.15) is 27.7 Å². The second-order valence-electron chi connectivity index (χ2n) is 7.14. The van der Waals surface area contributed by atoms with Gasteiger partial charge in [0.05, 0.1) is 18.0 Å². The largest absolute Gasteiger partial charge is 0.463 e. The van der Waals surface area contributed by atoms with Crippen LogP contribution in [0.3, 0.4) is 0 Å². The Morgan fingerprint density at radius 2 is 1.71 bits per heavy atom. The highest BCUT2D eigenvalue weighted by Gasteiger charge is 2.46. The van der Waals surface area contributed by atoms with Gasteiger partial charge < -0.3 is 4.42 Å². The zero-order valence-electron chi connectivity index (χ0n) is 16.3. The van der Waals surface area contributed by atoms with Gasteiger partial charge in [0.1, 0.15) is 5.69 Å². The van der Waals surface area contributed by atoms with Gasteiger partial charge in [0.15, 0.2) is 16.6 Å². The first-order valence-corrected chi connectivity index (χ1v) is 10.7. The molecule has 1 atom stereocenters. The number of hydrogen-bond donors (Lipinski definition) is 0. The summed E-state index contributed by atoms with van der Waals surface area (Å²) in [6.07, 6.45) is 3.35. The van der Waals surface area contributed by atoms with Crippen LogP contribution in [0, 0.1) is 0 Å². The monoisotopic (exact) mass is 424 g/mol. The molecular formula is C24H16N4O2S. The summed E-state index contributed by atoms with van der Waals surface area (Å²) in [5, 5.41) is 7.30. The van der Waals surface area contributed by atoms with Crippen molar-refractivity contribution >= 4 is 22.4 Å². The predicted octanol–water partition coefficient (Wildman–Crippen LogP) is 5.34. The summed E-state index contributed by atoms with van der Waals surface area (Å²) in [4.78, 5) is 19.8. The fourth-order valence-corrected chi connectivity index (χ4v) is 4.76. The van der Waals surface area contributed by atoms with Gasteiger partial charge in [0, 0.05) is 17.1 Å². The molecule has 2 aromatic carbocycles. The van der Waals surface area contributed by atoms with Gasteiger partial charge in [0.25, 0.3) is 5.91 Å². The number of anilines is 1. The van der Waals surface area contributed by atoms with Crippen molar-refractivity contribution < 1.29 is 9.21 Å². The number of furan rings is 1. The number of amides is 1. The maximum absolute atomic E-state index is 13.6. The van der Waals surface area contributed by atoms with Crippen molar-refractivity contribution in [3.8, 4) is 17.1 Å². The minimum Gasteiger partial charge on any atom is -0.463 e. The third-order valence-electron chi connectivity index (χ3n) is 5.37. The number of aromatic nitrogens is 3. The zero-order chi connectivity index (χ0) is 20.8. The summed E-state index contributed by atoms with van der Waals surface area (Å²) in [5.41, 5.74) is 3.87. The van der Waals surface area contributed by atoms with Gasteiger partial charge >= 0.3 is 0 Å². The minimum absolute atomic E-state index is 0.165. The van der Waals surface area contributed by atoms with E-state index in [1.807, 2.05) is 78.2 Å². The van der Waals surface area contributed by atoms with Crippen molar-refractivity contribution in [3.63, 3.8) is 0 Å². The smallest absolute Gasteiger partial charge is 0.281 e. The van der Waals surface area contributed by atoms with Crippen molar-refractivity contribution in [2.75, 3.05) is 4.90 Å². The van der Waals surface area contributed by atoms with Crippen LogP contribution >= 0.6 is 11.3 Å². The highest BCUT2D eigenvalue weighted by molar-refractivity contribution is 7.13. The highest BCUT2D eigenvalue weighted by Crippen LogP contribution is 2.46. The molecule has 1 aliphatic heterocycles. The van der Waals surface area contributed by atoms with E-state index in [4.69, 9.17) is 9.52 Å². The fourth-order valence-electron chi connectivity index (χ4n) is 4.10. The Labute approximate surface area is 182 Å². The molecule has 0 radical (unpaired) electrons. The normalized spacial score (nSPS) is 15.4. The number of carbonyl (C=O) groups is 1. The summed E-state index contributed by atoms with van der Waals surface area (Å²) in [6.45, 7) is 0. The number of benzene rings is 2. The van der Waals surface area contributed by atoms with Crippen LogP contribution in [0.15, 0.2) is 95.1 Å². The van der Waals surface area contributed by atoms with E-state index in [9.17, 15) is 4.79 Å². The fraction of sp³-hybridized carbons (Fsp3) is 0.0417. The topological polar surface area (TPSA) is 64.2 Å². The molecule has 6 nitrogen and oxygen atoms in total. The SMILES string of the molecule is O=C1c2nn(-c3ccccc3)c(-c3ccco3)c2C(c2ccccc2)N1c1nccs1. The molecule has 7 heteroatoms. The van der Waals surface area contributed by atoms with E-state index in [1.165, 1.54) is 11.3 Å². The van der Waals surface area contributed by atoms with Crippen LogP contribution in [-0.4, -0.2) is 20.7 Å². The number of para-hydroxylation sites is 1. The summed E-state index contributed by atoms with van der Waals surface area (Å²) >= 11 is 1.44. The van der Waals surface area contributed by atoms with E-state index in [1.54, 1.807) is 22.0 Å². The molecule has 5 aromatic rings. The molecular weight excluding hydrogens is 408 g/mol. The van der Waals surface area contributed by atoms with E-state index in [0.717, 1.165) is 22.5 Å². The number of rotatable bonds is 4. The lowest BCUT2D eigenvalue weighted by Gasteiger charge is -2.24. The lowest BCUT2D eigenvalue weighted by atomic mass is 9.98. The first-order valence-electron chi connectivity index (χ1n) is 9.83. The van der Waals surface area contributed by atoms with Crippen molar-refractivity contribution in [2.45, 2.75) is 6.04 Å². The Hall–Kier alpha value is -3.97. The van der Waals surface area contributed by atoms with E-state index in [-0.39, 0.29) is 11.9 Å². The standard InChI is InChI=1S/C24H16N4O2S/c29-23-20-19(21(16-8-3-1-4-9-16)27(23)24-25-13-15-31-24)22(18-12-7-14-30-18)28(26-20)17-10-5-2-6-11-17/h1-15,21H. The maximum atomic E-state index is 13.6. The summed E-state index contributed by atoms with van der Waals surface area (Å²) in [7, 11) is 0. The number of fused-ring (bicyclic) bond motifs is 1. The molecule has 0 saturated carbocycles. The van der Waals surface area contributed by atoms with Gasteiger partial charge in [-0.2, -0.15) is 5.10 Å². The molecule has 1 amide bonds. The third-order valence-corrected chi connectivity index (χ3v) is 6.14. The zero-order valence-corrected chi connectivity index (χ0v) is 17.1. The molecule has 150 valence electrons. The summed E-state index contributed by atoms with van der Waals surface area (Å²) in [5.74, 6) is 0.494. The van der Waals surface area contributed by atoms with Gasteiger partial charge in [-0.1, -0.05) is 48.5 Å². The number of hydrogen-bond acceptors (Lipinski definition) is 5. The van der Waals surface area contributed by atoms with E-state index >= 15 is 0 Å². The lowest BCUT2D eigenvalue weighted by Crippen LogP contribution is -2.29. The van der Waals surface area contributed by atoms with Crippen LogP contribution in [0.25, 0.3) is 17.1 Å². The molecule has 1 aliphatic rings. The van der Waals surface area contributed by atoms with Crippen molar-refractivity contribution in [1.82, 2.24) is 14.8 Å². The van der Waals surface area contributed by atoms with Gasteiger partial charge in [-0.15, -0.1) is 11.3 Å². The molecule has 0 fully saturated rings. The van der Waals surface area contributed by atoms with Crippen LogP contribution in [0.4, 0.5) is 5.13 Å². The average Bonchev–Trinajstić information content (AvgIpc) is 3.60. The molecule has 0 bridgehead atoms. The van der Waals surface area contributed by atoms with E-state index < -0.39 is 0 Å². The second kappa shape index (κ2) is 7.07. The van der Waals surface area contributed by atoms with Crippen LogP contribution in [0.5, 0.6) is 0 Å². The summed E-state index contributed by atoms with van der Waals surface area (Å²) < 4.78 is 7.61. The van der Waals surface area contributed by atoms with Crippen molar-refractivity contribution in [1.29, 1.82) is 0 Å². The highest BCUT2D eigenvalue weighted by atomic mass is 32.1. The van der Waals surface area contributed by atoms with Crippen LogP contribution in [-0.2, 0) is 0 Å². The van der Waals surface area contributed by atoms with E-state index in [2.05, 4.69) is 4.98 Å². The number of thiazole rings is 1. The molecule has 0 saturated heterocycles. The Kier molecular flexibility index (Phi) is 4.07. The van der Waals surface area contributed by atoms with Crippen molar-refractivity contribution in [3.05, 3.63) is 107 Å². The van der Waals surface area contributed by atoms with Gasteiger partial charge in [-0.05, 0) is 29.8 Å². The average molecular weight is 424 g/mol. The Balaban J connectivity index is 1.66. The van der Waals surface area contributed by atoms with E-state index in [0.29, 0.717) is 16.6 Å². The predicted molar refractivity (Wildman–Crippen MR) is 118 cm³/mol. The lowest BCUT2D eigenvalue weighted by molar-refractivity contribution is 0.0988. The quantitative estimate of drug-likeness (QED) is 0.391. The molecule has 0 N–H and O–H groups in total. The van der Waals surface area contributed by atoms with Crippen LogP contribution < -0.4 is 4.90 Å². The molecule has 31 heavy (non-hydrogen) atoms. The minimum atomic E-state index is -0.354. The van der Waals surface area contributed by atoms with Gasteiger partial charge in [-0.25, -0.2) is 9.67 Å². The van der Waals surface area contributed by atoms with Crippen molar-refractivity contribution in [2.24, 2.45) is 0 Å². The van der Waals surface area contributed by atoms with Crippen LogP contribution in [0.2, 0.25) is 0 Å². The van der Waals surface area contributed by atoms with Gasteiger partial charge in [0.2, 0.25) is 0 Å². The number of nitrogens with zero attached hydrogens (tertiary/aromatic N) is 4. The second-order valence-corrected chi connectivity index (χ2v) is 8.01. The first-order chi connectivity index (χ1) is 15.3.